The van der Waals surface area contributed by atoms with Gasteiger partial charge >= 0.3 is 0 Å². The molecule has 0 saturated carbocycles. The van der Waals surface area contributed by atoms with Gasteiger partial charge in [-0.2, -0.15) is 5.10 Å². The van der Waals surface area contributed by atoms with E-state index in [-0.39, 0.29) is 5.91 Å². The van der Waals surface area contributed by atoms with E-state index >= 15 is 0 Å². The molecule has 1 amide bonds. The maximum Gasteiger partial charge on any atom is 0.257 e. The van der Waals surface area contributed by atoms with E-state index in [2.05, 4.69) is 48.6 Å². The summed E-state index contributed by atoms with van der Waals surface area (Å²) in [6.45, 7) is 11.6. The number of aryl methyl sites for hydroxylation is 2. The van der Waals surface area contributed by atoms with Crippen LogP contribution in [0.15, 0.2) is 53.5 Å². The number of halogens is 1. The zero-order valence-electron chi connectivity index (χ0n) is 19.2. The summed E-state index contributed by atoms with van der Waals surface area (Å²) in [5.41, 5.74) is 5.68. The number of rotatable bonds is 6. The molecule has 0 bridgehead atoms. The third kappa shape index (κ3) is 5.77. The summed E-state index contributed by atoms with van der Waals surface area (Å²) in [5, 5.41) is 11.3. The van der Waals surface area contributed by atoms with Crippen molar-refractivity contribution < 1.29 is 4.79 Å². The number of nitrogens with zero attached hydrogens (tertiary/aromatic N) is 3. The van der Waals surface area contributed by atoms with E-state index < -0.39 is 0 Å². The third-order valence-electron chi connectivity index (χ3n) is 5.40. The van der Waals surface area contributed by atoms with E-state index in [0.717, 1.165) is 29.2 Å². The monoisotopic (exact) mass is 451 g/mol. The number of anilines is 1. The molecule has 3 aromatic rings. The lowest BCUT2D eigenvalue weighted by atomic mass is 10.0. The summed E-state index contributed by atoms with van der Waals surface area (Å²) in [7, 11) is 0. The second kappa shape index (κ2) is 10.5. The van der Waals surface area contributed by atoms with Crippen LogP contribution in [0.25, 0.3) is 0 Å². The molecule has 0 aliphatic carbocycles. The van der Waals surface area contributed by atoms with Crippen LogP contribution in [0.3, 0.4) is 0 Å². The van der Waals surface area contributed by atoms with Gasteiger partial charge in [-0.3, -0.25) is 14.8 Å². The summed E-state index contributed by atoms with van der Waals surface area (Å²) in [5.74, 6) is 0.567. The van der Waals surface area contributed by atoms with E-state index in [4.69, 9.17) is 16.6 Å². The molecule has 0 aliphatic heterocycles. The lowest BCUT2D eigenvalue weighted by molar-refractivity contribution is 0.0977. The topological polar surface area (TPSA) is 71.3 Å². The molecule has 0 atom stereocenters. The molecule has 7 heteroatoms. The van der Waals surface area contributed by atoms with Crippen LogP contribution in [0, 0.1) is 13.8 Å². The van der Waals surface area contributed by atoms with E-state index in [1.165, 1.54) is 5.56 Å². The molecule has 168 valence electrons. The zero-order chi connectivity index (χ0) is 23.3. The first-order valence-corrected chi connectivity index (χ1v) is 11.2. The Morgan fingerprint density at radius 1 is 1.09 bits per heavy atom. The molecule has 1 aromatic heterocycles. The predicted octanol–water partition coefficient (Wildman–Crippen LogP) is 5.69. The first-order valence-electron chi connectivity index (χ1n) is 10.8. The Hall–Kier alpha value is -3.12. The molecule has 0 fully saturated rings. The Morgan fingerprint density at radius 3 is 2.31 bits per heavy atom. The van der Waals surface area contributed by atoms with Crippen molar-refractivity contribution in [3.8, 4) is 0 Å². The van der Waals surface area contributed by atoms with Crippen LogP contribution < -0.4 is 10.6 Å². The minimum atomic E-state index is -0.260. The molecule has 6 nitrogen and oxygen atoms in total. The van der Waals surface area contributed by atoms with Gasteiger partial charge in [0.1, 0.15) is 0 Å². The normalized spacial score (nSPS) is 11.7. The number of hydrogen-bond acceptors (Lipinski definition) is 3. The van der Waals surface area contributed by atoms with Gasteiger partial charge in [0, 0.05) is 34.1 Å². The van der Waals surface area contributed by atoms with Gasteiger partial charge in [-0.1, -0.05) is 37.6 Å². The minimum Gasteiger partial charge on any atom is -0.326 e. The van der Waals surface area contributed by atoms with Crippen LogP contribution >= 0.6 is 11.6 Å². The number of amides is 1. The molecule has 3 rings (SSSR count). The molecule has 0 radical (unpaired) electrons. The Balaban J connectivity index is 1.85. The fourth-order valence-corrected chi connectivity index (χ4v) is 3.53. The van der Waals surface area contributed by atoms with Crippen molar-refractivity contribution in [2.45, 2.75) is 53.6 Å². The molecule has 2 N–H and O–H groups in total. The molecule has 0 saturated heterocycles. The fourth-order valence-electron chi connectivity index (χ4n) is 3.41. The zero-order valence-corrected chi connectivity index (χ0v) is 20.0. The first-order chi connectivity index (χ1) is 15.3. The number of guanidine groups is 1. The lowest BCUT2D eigenvalue weighted by Gasteiger charge is -2.13. The van der Waals surface area contributed by atoms with Crippen molar-refractivity contribution in [2.24, 2.45) is 4.99 Å². The average Bonchev–Trinajstić information content (AvgIpc) is 3.05. The highest BCUT2D eigenvalue weighted by atomic mass is 35.5. The smallest absolute Gasteiger partial charge is 0.257 e. The SMILES string of the molecule is CCn1nc(C)c(CN=C(NC(=O)c2ccc(Cl)cc2)Nc2ccc(C(C)C)cc2)c1C. The molecular formula is C25H30ClN5O. The molecule has 32 heavy (non-hydrogen) atoms. The van der Waals surface area contributed by atoms with Gasteiger partial charge in [0.2, 0.25) is 5.96 Å². The van der Waals surface area contributed by atoms with Gasteiger partial charge in [0.15, 0.2) is 0 Å². The highest BCUT2D eigenvalue weighted by Crippen LogP contribution is 2.18. The Bertz CT molecular complexity index is 1100. The Labute approximate surface area is 194 Å². The third-order valence-corrected chi connectivity index (χ3v) is 5.66. The number of aromatic nitrogens is 2. The fraction of sp³-hybridized carbons (Fsp3) is 0.320. The van der Waals surface area contributed by atoms with E-state index in [1.807, 2.05) is 30.7 Å². The molecule has 0 aliphatic rings. The molecule has 1 heterocycles. The van der Waals surface area contributed by atoms with Gasteiger partial charge in [0.05, 0.1) is 12.2 Å². The predicted molar refractivity (Wildman–Crippen MR) is 132 cm³/mol. The van der Waals surface area contributed by atoms with Crippen LogP contribution in [0.5, 0.6) is 0 Å². The van der Waals surface area contributed by atoms with E-state index in [1.54, 1.807) is 24.3 Å². The number of carbonyl (C=O) groups excluding carboxylic acids is 1. The van der Waals surface area contributed by atoms with E-state index in [9.17, 15) is 4.79 Å². The largest absolute Gasteiger partial charge is 0.326 e. The van der Waals surface area contributed by atoms with Gasteiger partial charge in [-0.25, -0.2) is 4.99 Å². The number of carbonyl (C=O) groups is 1. The van der Waals surface area contributed by atoms with Crippen molar-refractivity contribution in [2.75, 3.05) is 5.32 Å². The van der Waals surface area contributed by atoms with Gasteiger partial charge in [-0.05, 0) is 68.7 Å². The molecule has 0 spiro atoms. The Morgan fingerprint density at radius 2 is 1.75 bits per heavy atom. The van der Waals surface area contributed by atoms with Crippen molar-refractivity contribution in [1.29, 1.82) is 0 Å². The highest BCUT2D eigenvalue weighted by Gasteiger charge is 2.13. The second-order valence-corrected chi connectivity index (χ2v) is 8.43. The molecule has 0 unspecified atom stereocenters. The lowest BCUT2D eigenvalue weighted by Crippen LogP contribution is -2.36. The van der Waals surface area contributed by atoms with E-state index in [0.29, 0.717) is 29.0 Å². The van der Waals surface area contributed by atoms with Gasteiger partial charge in [0.25, 0.3) is 5.91 Å². The molecule has 2 aromatic carbocycles. The average molecular weight is 452 g/mol. The summed E-state index contributed by atoms with van der Waals surface area (Å²) in [6, 6.07) is 14.9. The minimum absolute atomic E-state index is 0.260. The van der Waals surface area contributed by atoms with Crippen LogP contribution in [-0.4, -0.2) is 21.6 Å². The number of aliphatic imine (C=N–C) groups is 1. The second-order valence-electron chi connectivity index (χ2n) is 7.99. The summed E-state index contributed by atoms with van der Waals surface area (Å²) >= 11 is 5.95. The summed E-state index contributed by atoms with van der Waals surface area (Å²) in [4.78, 5) is 17.5. The van der Waals surface area contributed by atoms with Crippen LogP contribution in [-0.2, 0) is 13.1 Å². The number of hydrogen-bond donors (Lipinski definition) is 2. The summed E-state index contributed by atoms with van der Waals surface area (Å²) in [6.07, 6.45) is 0. The number of benzene rings is 2. The maximum atomic E-state index is 12.8. The first kappa shape index (κ1) is 23.5. The van der Waals surface area contributed by atoms with Crippen LogP contribution in [0.4, 0.5) is 5.69 Å². The van der Waals surface area contributed by atoms with Gasteiger partial charge in [-0.15, -0.1) is 0 Å². The van der Waals surface area contributed by atoms with Crippen LogP contribution in [0.1, 0.15) is 59.6 Å². The molecular weight excluding hydrogens is 422 g/mol. The summed E-state index contributed by atoms with van der Waals surface area (Å²) < 4.78 is 1.96. The van der Waals surface area contributed by atoms with Crippen LogP contribution in [0.2, 0.25) is 5.02 Å². The maximum absolute atomic E-state index is 12.8. The van der Waals surface area contributed by atoms with Crippen molar-refractivity contribution in [1.82, 2.24) is 15.1 Å². The Kier molecular flexibility index (Phi) is 7.70. The van der Waals surface area contributed by atoms with Crippen molar-refractivity contribution in [3.05, 3.63) is 81.6 Å². The number of nitrogens with one attached hydrogen (secondary N) is 2. The van der Waals surface area contributed by atoms with Crippen molar-refractivity contribution in [3.63, 3.8) is 0 Å². The highest BCUT2D eigenvalue weighted by molar-refractivity contribution is 6.30. The quantitative estimate of drug-likeness (QED) is 0.373. The van der Waals surface area contributed by atoms with Crippen molar-refractivity contribution >= 4 is 29.2 Å². The standard InChI is InChI=1S/C25H30ClN5O/c1-6-31-18(5)23(17(4)30-31)15-27-25(28-22-13-9-19(10-14-22)16(2)3)29-24(32)20-7-11-21(26)12-8-20/h7-14,16H,6,15H2,1-5H3,(H2,27,28,29,32). The van der Waals surface area contributed by atoms with Gasteiger partial charge < -0.3 is 5.32 Å².